The number of rotatable bonds is 8. The molecule has 2 N–H and O–H groups in total. The van der Waals surface area contributed by atoms with Crippen LogP contribution in [0, 0.1) is 22.7 Å². The van der Waals surface area contributed by atoms with Crippen molar-refractivity contribution in [2.24, 2.45) is 11.3 Å². The van der Waals surface area contributed by atoms with Gasteiger partial charge in [-0.25, -0.2) is 4.79 Å². The molecule has 3 rings (SSSR count). The third-order valence-electron chi connectivity index (χ3n) is 5.86. The van der Waals surface area contributed by atoms with E-state index >= 15 is 0 Å². The first-order valence-corrected chi connectivity index (χ1v) is 13.1. The molecule has 2 heterocycles. The number of thioether (sulfide) groups is 1. The Kier molecular flexibility index (Phi) is 8.14. The average Bonchev–Trinajstić information content (AvgIpc) is 3.35. The molecule has 8 nitrogen and oxygen atoms in total. The fourth-order valence-electron chi connectivity index (χ4n) is 3.61. The fourth-order valence-corrected chi connectivity index (χ4v) is 6.44. The van der Waals surface area contributed by atoms with Gasteiger partial charge in [0.2, 0.25) is 11.0 Å². The Morgan fingerprint density at radius 1 is 1.28 bits per heavy atom. The first kappa shape index (κ1) is 24.5. The van der Waals surface area contributed by atoms with Crippen LogP contribution < -0.4 is 10.6 Å². The highest BCUT2D eigenvalue weighted by Gasteiger charge is 2.34. The number of fused-ring (bicyclic) bond motifs is 1. The molecule has 0 saturated heterocycles. The molecule has 0 bridgehead atoms. The van der Waals surface area contributed by atoms with Gasteiger partial charge in [0, 0.05) is 4.88 Å². The van der Waals surface area contributed by atoms with E-state index < -0.39 is 6.09 Å². The minimum absolute atomic E-state index is 0.132. The quantitative estimate of drug-likeness (QED) is 0.378. The number of ether oxygens (including phenoxy) is 1. The maximum atomic E-state index is 12.5. The molecule has 0 aromatic carbocycles. The number of amides is 2. The molecule has 2 aromatic heterocycles. The van der Waals surface area contributed by atoms with E-state index in [1.165, 1.54) is 39.3 Å². The Morgan fingerprint density at radius 2 is 2.06 bits per heavy atom. The number of anilines is 2. The second-order valence-electron chi connectivity index (χ2n) is 8.16. The molecule has 1 aliphatic carbocycles. The number of aromatic nitrogens is 2. The van der Waals surface area contributed by atoms with Crippen molar-refractivity contribution in [3.8, 4) is 6.07 Å². The molecule has 0 spiro atoms. The molecule has 32 heavy (non-hydrogen) atoms. The summed E-state index contributed by atoms with van der Waals surface area (Å²) in [5, 5.41) is 23.9. The summed E-state index contributed by atoms with van der Waals surface area (Å²) in [6.07, 6.45) is 3.44. The number of carbonyl (C=O) groups excluding carboxylic acids is 2. The van der Waals surface area contributed by atoms with Crippen molar-refractivity contribution in [2.75, 3.05) is 23.0 Å². The largest absolute Gasteiger partial charge is 0.450 e. The van der Waals surface area contributed by atoms with E-state index in [4.69, 9.17) is 4.74 Å². The average molecular weight is 494 g/mol. The Hall–Kier alpha value is -2.16. The van der Waals surface area contributed by atoms with Crippen molar-refractivity contribution in [3.05, 3.63) is 16.0 Å². The monoisotopic (exact) mass is 493 g/mol. The van der Waals surface area contributed by atoms with Crippen LogP contribution in [-0.4, -0.2) is 34.6 Å². The topological polar surface area (TPSA) is 117 Å². The minimum Gasteiger partial charge on any atom is -0.450 e. The number of carbonyl (C=O) groups is 2. The zero-order chi connectivity index (χ0) is 23.3. The van der Waals surface area contributed by atoms with Gasteiger partial charge < -0.3 is 10.1 Å². The summed E-state index contributed by atoms with van der Waals surface area (Å²) in [5.74, 6) is 0.511. The van der Waals surface area contributed by atoms with Crippen LogP contribution in [0.3, 0.4) is 0 Å². The Balaban J connectivity index is 1.60. The van der Waals surface area contributed by atoms with Crippen LogP contribution in [0.2, 0.25) is 0 Å². The molecule has 172 valence electrons. The van der Waals surface area contributed by atoms with Crippen molar-refractivity contribution in [2.45, 2.75) is 57.7 Å². The van der Waals surface area contributed by atoms with E-state index in [1.54, 1.807) is 6.92 Å². The second kappa shape index (κ2) is 10.6. The molecule has 2 aromatic rings. The van der Waals surface area contributed by atoms with Crippen LogP contribution in [0.4, 0.5) is 14.9 Å². The Bertz CT molecular complexity index is 1020. The summed E-state index contributed by atoms with van der Waals surface area (Å²) in [7, 11) is 0. The number of hydrogen-bond acceptors (Lipinski definition) is 9. The predicted octanol–water partition coefficient (Wildman–Crippen LogP) is 5.31. The summed E-state index contributed by atoms with van der Waals surface area (Å²) in [4.78, 5) is 25.2. The van der Waals surface area contributed by atoms with Crippen LogP contribution in [0.1, 0.15) is 56.5 Å². The second-order valence-corrected chi connectivity index (χ2v) is 11.5. The molecule has 1 aliphatic rings. The lowest BCUT2D eigenvalue weighted by molar-refractivity contribution is -0.113. The van der Waals surface area contributed by atoms with E-state index in [9.17, 15) is 14.9 Å². The SMILES string of the molecule is CCOC(=O)Nc1nnc(SCC(=O)Nc2sc3c(c2C#N)CCC(C(C)(C)CC)C3)s1. The molecule has 11 heteroatoms. The Labute approximate surface area is 200 Å². The van der Waals surface area contributed by atoms with Crippen molar-refractivity contribution < 1.29 is 14.3 Å². The van der Waals surface area contributed by atoms with Gasteiger partial charge in [-0.15, -0.1) is 21.5 Å². The van der Waals surface area contributed by atoms with Crippen molar-refractivity contribution >= 4 is 56.6 Å². The van der Waals surface area contributed by atoms with Crippen LogP contribution >= 0.6 is 34.4 Å². The molecule has 0 saturated carbocycles. The third kappa shape index (κ3) is 5.79. The maximum absolute atomic E-state index is 12.5. The first-order valence-electron chi connectivity index (χ1n) is 10.5. The van der Waals surface area contributed by atoms with Gasteiger partial charge in [0.15, 0.2) is 4.34 Å². The van der Waals surface area contributed by atoms with E-state index in [1.807, 2.05) is 0 Å². The number of hydrogen-bond donors (Lipinski definition) is 2. The summed E-state index contributed by atoms with van der Waals surface area (Å²) in [5.41, 5.74) is 1.97. The minimum atomic E-state index is -0.590. The first-order chi connectivity index (χ1) is 15.3. The van der Waals surface area contributed by atoms with Crippen LogP contribution in [0.15, 0.2) is 4.34 Å². The normalized spacial score (nSPS) is 15.5. The molecule has 1 atom stereocenters. The van der Waals surface area contributed by atoms with Gasteiger partial charge in [-0.1, -0.05) is 50.3 Å². The van der Waals surface area contributed by atoms with E-state index in [2.05, 4.69) is 47.7 Å². The smallest absolute Gasteiger partial charge is 0.413 e. The van der Waals surface area contributed by atoms with Crippen molar-refractivity contribution in [1.29, 1.82) is 5.26 Å². The fraction of sp³-hybridized carbons (Fsp3) is 0.571. The molecular weight excluding hydrogens is 466 g/mol. The van der Waals surface area contributed by atoms with Gasteiger partial charge in [0.1, 0.15) is 11.1 Å². The summed E-state index contributed by atoms with van der Waals surface area (Å²) >= 11 is 3.93. The summed E-state index contributed by atoms with van der Waals surface area (Å²) in [6.45, 7) is 8.82. The molecular formula is C21H27N5O3S3. The summed E-state index contributed by atoms with van der Waals surface area (Å²) < 4.78 is 5.36. The van der Waals surface area contributed by atoms with Crippen LogP contribution in [0.25, 0.3) is 0 Å². The number of nitrogens with one attached hydrogen (secondary N) is 2. The van der Waals surface area contributed by atoms with Gasteiger partial charge in [0.05, 0.1) is 17.9 Å². The van der Waals surface area contributed by atoms with Gasteiger partial charge >= 0.3 is 6.09 Å². The lowest BCUT2D eigenvalue weighted by Crippen LogP contribution is -2.28. The molecule has 0 aliphatic heterocycles. The standard InChI is InChI=1S/C21H27N5O3S3/c1-5-21(3,4)12-7-8-13-14(10-22)17(31-15(13)9-12)23-16(27)11-30-20-26-25-18(32-20)24-19(28)29-6-2/h12H,5-9,11H2,1-4H3,(H,23,27)(H,24,25,28). The lowest BCUT2D eigenvalue weighted by atomic mass is 9.69. The number of nitrogens with zero attached hydrogens (tertiary/aromatic N) is 3. The highest BCUT2D eigenvalue weighted by Crippen LogP contribution is 2.45. The Morgan fingerprint density at radius 3 is 2.75 bits per heavy atom. The van der Waals surface area contributed by atoms with Gasteiger partial charge in [-0.2, -0.15) is 5.26 Å². The lowest BCUT2D eigenvalue weighted by Gasteiger charge is -2.36. The predicted molar refractivity (Wildman–Crippen MR) is 129 cm³/mol. The van der Waals surface area contributed by atoms with Crippen molar-refractivity contribution in [1.82, 2.24) is 10.2 Å². The molecule has 1 unspecified atom stereocenters. The van der Waals surface area contributed by atoms with Gasteiger partial charge in [0.25, 0.3) is 0 Å². The van der Waals surface area contributed by atoms with Crippen LogP contribution in [-0.2, 0) is 22.4 Å². The zero-order valence-electron chi connectivity index (χ0n) is 18.6. The molecule has 0 fully saturated rings. The maximum Gasteiger partial charge on any atom is 0.413 e. The van der Waals surface area contributed by atoms with E-state index in [-0.39, 0.29) is 23.7 Å². The van der Waals surface area contributed by atoms with E-state index in [0.717, 1.165) is 31.2 Å². The van der Waals surface area contributed by atoms with Crippen LogP contribution in [0.5, 0.6) is 0 Å². The third-order valence-corrected chi connectivity index (χ3v) is 9.01. The zero-order valence-corrected chi connectivity index (χ0v) is 21.1. The van der Waals surface area contributed by atoms with Gasteiger partial charge in [-0.05, 0) is 43.1 Å². The highest BCUT2D eigenvalue weighted by molar-refractivity contribution is 8.01. The highest BCUT2D eigenvalue weighted by atomic mass is 32.2. The number of nitriles is 1. The summed E-state index contributed by atoms with van der Waals surface area (Å²) in [6, 6.07) is 2.30. The van der Waals surface area contributed by atoms with Gasteiger partial charge in [-0.3, -0.25) is 10.1 Å². The van der Waals surface area contributed by atoms with Crippen molar-refractivity contribution in [3.63, 3.8) is 0 Å². The molecule has 2 amide bonds. The number of thiophene rings is 1. The van der Waals surface area contributed by atoms with E-state index in [0.29, 0.717) is 26.0 Å². The molecule has 0 radical (unpaired) electrons.